The molecule has 1 unspecified atom stereocenters. The summed E-state index contributed by atoms with van der Waals surface area (Å²) in [7, 11) is 0. The van der Waals surface area contributed by atoms with Crippen LogP contribution in [0.25, 0.3) is 0 Å². The van der Waals surface area contributed by atoms with E-state index in [4.69, 9.17) is 9.84 Å². The van der Waals surface area contributed by atoms with Crippen molar-refractivity contribution >= 4 is 0 Å². The highest BCUT2D eigenvalue weighted by atomic mass is 19.4. The van der Waals surface area contributed by atoms with Gasteiger partial charge < -0.3 is 9.84 Å². The third-order valence-electron chi connectivity index (χ3n) is 2.32. The minimum absolute atomic E-state index is 0.399. The molecule has 102 valence electrons. The number of aliphatic hydroxyl groups excluding tert-OH is 1. The molecule has 0 amide bonds. The molecular weight excluding hydrogens is 247 g/mol. The number of nitrogens with one attached hydrogen (secondary N) is 1. The molecule has 0 aromatic heterocycles. The van der Waals surface area contributed by atoms with Gasteiger partial charge in [-0.3, -0.25) is 5.32 Å². The molecule has 0 aliphatic carbocycles. The maximum absolute atomic E-state index is 12.1. The van der Waals surface area contributed by atoms with Crippen LogP contribution in [-0.2, 0) is 0 Å². The van der Waals surface area contributed by atoms with E-state index in [2.05, 4.69) is 5.32 Å². The number of hydrogen-bond donors (Lipinski definition) is 2. The van der Waals surface area contributed by atoms with Crippen LogP contribution in [0.3, 0.4) is 0 Å². The lowest BCUT2D eigenvalue weighted by Gasteiger charge is -2.18. The van der Waals surface area contributed by atoms with E-state index in [1.807, 2.05) is 6.92 Å². The van der Waals surface area contributed by atoms with Crippen LogP contribution >= 0.6 is 0 Å². The predicted octanol–water partition coefficient (Wildman–Crippen LogP) is 2.27. The fourth-order valence-corrected chi connectivity index (χ4v) is 1.49. The second-order valence-corrected chi connectivity index (χ2v) is 3.73. The summed E-state index contributed by atoms with van der Waals surface area (Å²) in [5.41, 5.74) is 0.588. The third kappa shape index (κ3) is 4.93. The van der Waals surface area contributed by atoms with Gasteiger partial charge in [0.05, 0.1) is 25.8 Å². The average Bonchev–Trinajstić information content (AvgIpc) is 2.31. The van der Waals surface area contributed by atoms with Gasteiger partial charge in [-0.05, 0) is 24.6 Å². The van der Waals surface area contributed by atoms with E-state index in [9.17, 15) is 13.2 Å². The summed E-state index contributed by atoms with van der Waals surface area (Å²) in [6.45, 7) is 0.833. The highest BCUT2D eigenvalue weighted by Gasteiger charge is 2.28. The maximum atomic E-state index is 12.1. The molecule has 0 bridgehead atoms. The highest BCUT2D eigenvalue weighted by molar-refractivity contribution is 5.29. The van der Waals surface area contributed by atoms with E-state index in [1.165, 1.54) is 0 Å². The fraction of sp³-hybridized carbons (Fsp3) is 0.500. The summed E-state index contributed by atoms with van der Waals surface area (Å²) >= 11 is 0. The Labute approximate surface area is 104 Å². The molecule has 0 spiro atoms. The predicted molar refractivity (Wildman–Crippen MR) is 61.5 cm³/mol. The van der Waals surface area contributed by atoms with Crippen molar-refractivity contribution in [1.29, 1.82) is 0 Å². The zero-order valence-corrected chi connectivity index (χ0v) is 10.00. The van der Waals surface area contributed by atoms with E-state index >= 15 is 0 Å². The summed E-state index contributed by atoms with van der Waals surface area (Å²) in [5, 5.41) is 11.3. The van der Waals surface area contributed by atoms with E-state index < -0.39 is 25.4 Å². The molecule has 1 aromatic carbocycles. The van der Waals surface area contributed by atoms with Crippen LogP contribution in [0, 0.1) is 0 Å². The number of benzene rings is 1. The second kappa shape index (κ2) is 6.61. The summed E-state index contributed by atoms with van der Waals surface area (Å²) in [4.78, 5) is 0. The lowest BCUT2D eigenvalue weighted by atomic mass is 10.1. The standard InChI is InChI=1S/C12H16F3NO2/c1-2-18-10-5-3-9(4-6-10)11(7-17)16-8-12(13,14)15/h3-6,11,16-17H,2,7-8H2,1H3. The zero-order valence-electron chi connectivity index (χ0n) is 10.00. The van der Waals surface area contributed by atoms with Crippen molar-refractivity contribution < 1.29 is 23.0 Å². The first-order valence-electron chi connectivity index (χ1n) is 5.60. The molecule has 0 aliphatic heterocycles. The molecule has 1 aromatic rings. The van der Waals surface area contributed by atoms with Gasteiger partial charge in [0, 0.05) is 0 Å². The van der Waals surface area contributed by atoms with Crippen LogP contribution in [0.1, 0.15) is 18.5 Å². The Balaban J connectivity index is 2.64. The van der Waals surface area contributed by atoms with Crippen molar-refractivity contribution in [2.75, 3.05) is 19.8 Å². The normalized spacial score (nSPS) is 13.4. The molecule has 0 aliphatic rings. The Kier molecular flexibility index (Phi) is 5.43. The van der Waals surface area contributed by atoms with E-state index in [1.54, 1.807) is 24.3 Å². The van der Waals surface area contributed by atoms with Crippen LogP contribution in [0.15, 0.2) is 24.3 Å². The average molecular weight is 263 g/mol. The highest BCUT2D eigenvalue weighted by Crippen LogP contribution is 2.20. The van der Waals surface area contributed by atoms with Crippen LogP contribution < -0.4 is 10.1 Å². The molecule has 0 heterocycles. The van der Waals surface area contributed by atoms with Crippen LogP contribution in [0.4, 0.5) is 13.2 Å². The van der Waals surface area contributed by atoms with Crippen LogP contribution in [0.5, 0.6) is 5.75 Å². The molecule has 1 rings (SSSR count). The molecule has 0 radical (unpaired) electrons. The van der Waals surface area contributed by atoms with Crippen molar-refractivity contribution in [3.63, 3.8) is 0 Å². The van der Waals surface area contributed by atoms with Crippen molar-refractivity contribution in [1.82, 2.24) is 5.32 Å². The van der Waals surface area contributed by atoms with Crippen molar-refractivity contribution in [3.8, 4) is 5.75 Å². The van der Waals surface area contributed by atoms with Gasteiger partial charge in [-0.15, -0.1) is 0 Å². The largest absolute Gasteiger partial charge is 0.494 e. The molecule has 6 heteroatoms. The molecule has 2 N–H and O–H groups in total. The van der Waals surface area contributed by atoms with Gasteiger partial charge in [0.25, 0.3) is 0 Å². The Bertz CT molecular complexity index is 351. The first-order chi connectivity index (χ1) is 8.46. The number of hydrogen-bond acceptors (Lipinski definition) is 3. The molecular formula is C12H16F3NO2. The number of ether oxygens (including phenoxy) is 1. The summed E-state index contributed by atoms with van der Waals surface area (Å²) < 4.78 is 41.4. The van der Waals surface area contributed by atoms with Crippen molar-refractivity contribution in [2.45, 2.75) is 19.1 Å². The van der Waals surface area contributed by atoms with Gasteiger partial charge in [0.15, 0.2) is 0 Å². The van der Waals surface area contributed by atoms with Crippen LogP contribution in [0.2, 0.25) is 0 Å². The zero-order chi connectivity index (χ0) is 13.6. The minimum Gasteiger partial charge on any atom is -0.494 e. The first-order valence-corrected chi connectivity index (χ1v) is 5.60. The number of rotatable bonds is 6. The molecule has 0 saturated heterocycles. The quantitative estimate of drug-likeness (QED) is 0.827. The molecule has 0 fully saturated rings. The Morgan fingerprint density at radius 3 is 2.33 bits per heavy atom. The Morgan fingerprint density at radius 1 is 1.28 bits per heavy atom. The number of aliphatic hydroxyl groups is 1. The van der Waals surface area contributed by atoms with Gasteiger partial charge in [-0.1, -0.05) is 12.1 Å². The molecule has 1 atom stereocenters. The lowest BCUT2D eigenvalue weighted by molar-refractivity contribution is -0.126. The van der Waals surface area contributed by atoms with Gasteiger partial charge in [-0.25, -0.2) is 0 Å². The SMILES string of the molecule is CCOc1ccc(C(CO)NCC(F)(F)F)cc1. The van der Waals surface area contributed by atoms with E-state index in [0.717, 1.165) is 0 Å². The van der Waals surface area contributed by atoms with Gasteiger partial charge in [-0.2, -0.15) is 13.2 Å². The van der Waals surface area contributed by atoms with Crippen molar-refractivity contribution in [2.24, 2.45) is 0 Å². The van der Waals surface area contributed by atoms with Gasteiger partial charge in [0.2, 0.25) is 0 Å². The van der Waals surface area contributed by atoms with Gasteiger partial charge in [0.1, 0.15) is 5.75 Å². The van der Waals surface area contributed by atoms with Crippen molar-refractivity contribution in [3.05, 3.63) is 29.8 Å². The fourth-order valence-electron chi connectivity index (χ4n) is 1.49. The van der Waals surface area contributed by atoms with E-state index in [0.29, 0.717) is 17.9 Å². The second-order valence-electron chi connectivity index (χ2n) is 3.73. The topological polar surface area (TPSA) is 41.5 Å². The Hall–Kier alpha value is -1.27. The monoisotopic (exact) mass is 263 g/mol. The molecule has 3 nitrogen and oxygen atoms in total. The third-order valence-corrected chi connectivity index (χ3v) is 2.32. The molecule has 0 saturated carbocycles. The summed E-state index contributed by atoms with van der Waals surface area (Å²) in [5.74, 6) is 0.647. The van der Waals surface area contributed by atoms with E-state index in [-0.39, 0.29) is 0 Å². The number of alkyl halides is 3. The Morgan fingerprint density at radius 2 is 1.89 bits per heavy atom. The maximum Gasteiger partial charge on any atom is 0.401 e. The van der Waals surface area contributed by atoms with Crippen LogP contribution in [-0.4, -0.2) is 31.0 Å². The first kappa shape index (κ1) is 14.8. The van der Waals surface area contributed by atoms with Gasteiger partial charge >= 0.3 is 6.18 Å². The minimum atomic E-state index is -4.29. The summed E-state index contributed by atoms with van der Waals surface area (Å²) in [6, 6.07) is 5.86. The smallest absolute Gasteiger partial charge is 0.401 e. The number of halogens is 3. The lowest BCUT2D eigenvalue weighted by Crippen LogP contribution is -2.33. The molecule has 18 heavy (non-hydrogen) atoms. The summed E-state index contributed by atoms with van der Waals surface area (Å²) in [6.07, 6.45) is -4.29.